The summed E-state index contributed by atoms with van der Waals surface area (Å²) in [5.41, 5.74) is 4.61. The van der Waals surface area contributed by atoms with Crippen molar-refractivity contribution in [1.29, 1.82) is 0 Å². The number of aromatic nitrogens is 2. The Labute approximate surface area is 152 Å². The average molecular weight is 351 g/mol. The second-order valence-electron chi connectivity index (χ2n) is 5.92. The van der Waals surface area contributed by atoms with Gasteiger partial charge >= 0.3 is 0 Å². The predicted molar refractivity (Wildman–Crippen MR) is 102 cm³/mol. The molecule has 3 aromatic rings. The molecule has 128 valence electrons. The molecule has 0 fully saturated rings. The van der Waals surface area contributed by atoms with E-state index in [0.29, 0.717) is 12.3 Å². The standard InChI is InChI=1S/C20H21N3OS/c1-15-8-9-18(16(2)12-15)23-11-10-21-20(23)25-14-19(24)22-13-17-6-4-3-5-7-17/h3-12H,13-14H2,1-2H3,(H,22,24). The zero-order chi connectivity index (χ0) is 17.6. The molecule has 0 unspecified atom stereocenters. The van der Waals surface area contributed by atoms with Crippen LogP contribution in [0.25, 0.3) is 5.69 Å². The van der Waals surface area contributed by atoms with Crippen LogP contribution < -0.4 is 5.32 Å². The normalized spacial score (nSPS) is 10.6. The third-order valence-corrected chi connectivity index (χ3v) is 4.85. The summed E-state index contributed by atoms with van der Waals surface area (Å²) in [6.07, 6.45) is 3.70. The molecule has 0 aliphatic heterocycles. The van der Waals surface area contributed by atoms with Crippen molar-refractivity contribution in [3.8, 4) is 5.69 Å². The van der Waals surface area contributed by atoms with Crippen LogP contribution in [0.15, 0.2) is 66.1 Å². The van der Waals surface area contributed by atoms with Gasteiger partial charge in [-0.05, 0) is 31.0 Å². The second kappa shape index (κ2) is 8.03. The maximum absolute atomic E-state index is 12.1. The first-order chi connectivity index (χ1) is 12.1. The summed E-state index contributed by atoms with van der Waals surface area (Å²) in [6.45, 7) is 4.71. The summed E-state index contributed by atoms with van der Waals surface area (Å²) in [5.74, 6) is 0.346. The van der Waals surface area contributed by atoms with Crippen molar-refractivity contribution in [3.63, 3.8) is 0 Å². The van der Waals surface area contributed by atoms with Crippen molar-refractivity contribution in [2.24, 2.45) is 0 Å². The molecule has 4 nitrogen and oxygen atoms in total. The molecule has 1 aromatic heterocycles. The summed E-state index contributed by atoms with van der Waals surface area (Å²) in [6, 6.07) is 16.2. The van der Waals surface area contributed by atoms with Crippen molar-refractivity contribution < 1.29 is 4.79 Å². The van der Waals surface area contributed by atoms with E-state index < -0.39 is 0 Å². The van der Waals surface area contributed by atoms with Crippen LogP contribution in [0.4, 0.5) is 0 Å². The molecule has 25 heavy (non-hydrogen) atoms. The van der Waals surface area contributed by atoms with E-state index in [1.165, 1.54) is 22.9 Å². The van der Waals surface area contributed by atoms with Crippen LogP contribution in [0.5, 0.6) is 0 Å². The number of imidazole rings is 1. The van der Waals surface area contributed by atoms with Crippen molar-refractivity contribution in [1.82, 2.24) is 14.9 Å². The lowest BCUT2D eigenvalue weighted by atomic mass is 10.1. The Morgan fingerprint density at radius 1 is 1.16 bits per heavy atom. The highest BCUT2D eigenvalue weighted by atomic mass is 32.2. The van der Waals surface area contributed by atoms with E-state index in [4.69, 9.17) is 0 Å². The van der Waals surface area contributed by atoms with Crippen LogP contribution in [0.3, 0.4) is 0 Å². The quantitative estimate of drug-likeness (QED) is 0.685. The number of rotatable bonds is 6. The van der Waals surface area contributed by atoms with E-state index in [0.717, 1.165) is 16.4 Å². The molecule has 0 bridgehead atoms. The van der Waals surface area contributed by atoms with Gasteiger partial charge in [-0.1, -0.05) is 59.8 Å². The van der Waals surface area contributed by atoms with Crippen LogP contribution in [0.2, 0.25) is 0 Å². The van der Waals surface area contributed by atoms with E-state index in [1.807, 2.05) is 41.1 Å². The highest BCUT2D eigenvalue weighted by Gasteiger charge is 2.10. The van der Waals surface area contributed by atoms with Gasteiger partial charge in [-0.3, -0.25) is 9.36 Å². The fraction of sp³-hybridized carbons (Fsp3) is 0.200. The Kier molecular flexibility index (Phi) is 5.56. The maximum atomic E-state index is 12.1. The summed E-state index contributed by atoms with van der Waals surface area (Å²) in [7, 11) is 0. The highest BCUT2D eigenvalue weighted by molar-refractivity contribution is 7.99. The Hall–Kier alpha value is -2.53. The van der Waals surface area contributed by atoms with Gasteiger partial charge in [0.05, 0.1) is 11.4 Å². The molecule has 0 aliphatic carbocycles. The lowest BCUT2D eigenvalue weighted by Crippen LogP contribution is -2.24. The molecule has 0 spiro atoms. The third kappa shape index (κ3) is 4.51. The summed E-state index contributed by atoms with van der Waals surface area (Å²) in [4.78, 5) is 16.5. The minimum absolute atomic E-state index is 0.00373. The third-order valence-electron chi connectivity index (χ3n) is 3.88. The molecule has 2 aromatic carbocycles. The van der Waals surface area contributed by atoms with Gasteiger partial charge in [0.25, 0.3) is 0 Å². The topological polar surface area (TPSA) is 46.9 Å². The van der Waals surface area contributed by atoms with Gasteiger partial charge < -0.3 is 5.32 Å². The first-order valence-corrected chi connectivity index (χ1v) is 9.16. The Balaban J connectivity index is 1.61. The smallest absolute Gasteiger partial charge is 0.230 e. The highest BCUT2D eigenvalue weighted by Crippen LogP contribution is 2.23. The van der Waals surface area contributed by atoms with E-state index >= 15 is 0 Å². The Morgan fingerprint density at radius 2 is 1.96 bits per heavy atom. The fourth-order valence-electron chi connectivity index (χ4n) is 2.63. The van der Waals surface area contributed by atoms with Gasteiger partial charge in [0, 0.05) is 18.9 Å². The Morgan fingerprint density at radius 3 is 2.72 bits per heavy atom. The van der Waals surface area contributed by atoms with Crippen LogP contribution in [0, 0.1) is 13.8 Å². The number of hydrogen-bond acceptors (Lipinski definition) is 3. The predicted octanol–water partition coefficient (Wildman–Crippen LogP) is 3.90. The molecule has 0 aliphatic rings. The SMILES string of the molecule is Cc1ccc(-n2ccnc2SCC(=O)NCc2ccccc2)c(C)c1. The number of amides is 1. The van der Waals surface area contributed by atoms with Crippen LogP contribution >= 0.6 is 11.8 Å². The van der Waals surface area contributed by atoms with Gasteiger partial charge in [-0.25, -0.2) is 4.98 Å². The number of thioether (sulfide) groups is 1. The van der Waals surface area contributed by atoms with Crippen molar-refractivity contribution in [2.45, 2.75) is 25.5 Å². The molecular weight excluding hydrogens is 330 g/mol. The van der Waals surface area contributed by atoms with E-state index in [9.17, 15) is 4.79 Å². The fourth-order valence-corrected chi connectivity index (χ4v) is 3.43. The minimum atomic E-state index is 0.00373. The zero-order valence-electron chi connectivity index (χ0n) is 14.4. The number of carbonyl (C=O) groups is 1. The number of hydrogen-bond donors (Lipinski definition) is 1. The largest absolute Gasteiger partial charge is 0.351 e. The second-order valence-corrected chi connectivity index (χ2v) is 6.86. The zero-order valence-corrected chi connectivity index (χ0v) is 15.2. The van der Waals surface area contributed by atoms with Gasteiger partial charge in [0.15, 0.2) is 5.16 Å². The van der Waals surface area contributed by atoms with Gasteiger partial charge in [-0.15, -0.1) is 0 Å². The molecule has 0 radical (unpaired) electrons. The molecule has 0 atom stereocenters. The lowest BCUT2D eigenvalue weighted by molar-refractivity contribution is -0.118. The van der Waals surface area contributed by atoms with Gasteiger partial charge in [0.1, 0.15) is 0 Å². The van der Waals surface area contributed by atoms with Gasteiger partial charge in [-0.2, -0.15) is 0 Å². The first kappa shape index (κ1) is 17.3. The molecule has 1 N–H and O–H groups in total. The molecule has 0 saturated heterocycles. The monoisotopic (exact) mass is 351 g/mol. The van der Waals surface area contributed by atoms with E-state index in [1.54, 1.807) is 6.20 Å². The molecule has 3 rings (SSSR count). The summed E-state index contributed by atoms with van der Waals surface area (Å²) < 4.78 is 2.03. The number of nitrogens with zero attached hydrogens (tertiary/aromatic N) is 2. The van der Waals surface area contributed by atoms with E-state index in [-0.39, 0.29) is 5.91 Å². The van der Waals surface area contributed by atoms with Crippen molar-refractivity contribution in [2.75, 3.05) is 5.75 Å². The van der Waals surface area contributed by atoms with Crippen LogP contribution in [-0.2, 0) is 11.3 Å². The maximum Gasteiger partial charge on any atom is 0.230 e. The van der Waals surface area contributed by atoms with Gasteiger partial charge in [0.2, 0.25) is 5.91 Å². The molecular formula is C20H21N3OS. The molecule has 1 amide bonds. The van der Waals surface area contributed by atoms with Crippen molar-refractivity contribution >= 4 is 17.7 Å². The first-order valence-electron chi connectivity index (χ1n) is 8.18. The molecule has 5 heteroatoms. The van der Waals surface area contributed by atoms with Crippen molar-refractivity contribution in [3.05, 3.63) is 77.6 Å². The van der Waals surface area contributed by atoms with Crippen LogP contribution in [0.1, 0.15) is 16.7 Å². The molecule has 1 heterocycles. The van der Waals surface area contributed by atoms with Crippen LogP contribution in [-0.4, -0.2) is 21.2 Å². The number of carbonyl (C=O) groups excluding carboxylic acids is 1. The number of benzene rings is 2. The summed E-state index contributed by atoms with van der Waals surface area (Å²) in [5, 5.41) is 3.76. The lowest BCUT2D eigenvalue weighted by Gasteiger charge is -2.11. The van der Waals surface area contributed by atoms with E-state index in [2.05, 4.69) is 42.3 Å². The number of nitrogens with one attached hydrogen (secondary N) is 1. The molecule has 0 saturated carbocycles. The minimum Gasteiger partial charge on any atom is -0.351 e. The Bertz CT molecular complexity index is 858. The summed E-state index contributed by atoms with van der Waals surface area (Å²) >= 11 is 1.44. The number of aryl methyl sites for hydroxylation is 2. The average Bonchev–Trinajstić information content (AvgIpc) is 3.07.